The maximum Gasteiger partial charge on any atom is 0.285 e. The molecule has 1 aliphatic heterocycles. The fraction of sp³-hybridized carbons (Fsp3) is 0.417. The normalized spacial score (nSPS) is 18.7. The summed E-state index contributed by atoms with van der Waals surface area (Å²) < 4.78 is 13.4. The summed E-state index contributed by atoms with van der Waals surface area (Å²) >= 11 is 0. The molecule has 1 amide bonds. The Labute approximate surface area is 109 Å². The molecule has 0 radical (unpaired) electrons. The van der Waals surface area contributed by atoms with Crippen molar-refractivity contribution in [2.24, 2.45) is 5.73 Å². The molecule has 0 saturated carbocycles. The van der Waals surface area contributed by atoms with E-state index in [2.05, 4.69) is 0 Å². The number of carbonyl (C=O) groups excluding carboxylic acids is 1. The van der Waals surface area contributed by atoms with E-state index in [9.17, 15) is 19.3 Å². The molecule has 6 nitrogen and oxygen atoms in total. The number of nitrogens with two attached hydrogens (primary N) is 1. The molecule has 7 heteroatoms. The average molecular weight is 267 g/mol. The molecule has 0 spiro atoms. The van der Waals surface area contributed by atoms with Crippen LogP contribution in [0.25, 0.3) is 0 Å². The van der Waals surface area contributed by atoms with Crippen molar-refractivity contribution in [3.63, 3.8) is 0 Å². The average Bonchev–Trinajstić information content (AvgIpc) is 2.73. The van der Waals surface area contributed by atoms with Crippen molar-refractivity contribution in [1.29, 1.82) is 0 Å². The van der Waals surface area contributed by atoms with Gasteiger partial charge in [-0.1, -0.05) is 0 Å². The fourth-order valence-corrected chi connectivity index (χ4v) is 2.28. The van der Waals surface area contributed by atoms with E-state index in [1.807, 2.05) is 0 Å². The number of benzene rings is 1. The molecule has 2 N–H and O–H groups in total. The summed E-state index contributed by atoms with van der Waals surface area (Å²) in [6, 6.07) is 1.83. The lowest BCUT2D eigenvalue weighted by Crippen LogP contribution is -2.32. The van der Waals surface area contributed by atoms with Gasteiger partial charge in [0.1, 0.15) is 11.4 Å². The van der Waals surface area contributed by atoms with E-state index < -0.39 is 16.6 Å². The summed E-state index contributed by atoms with van der Waals surface area (Å²) in [6.07, 6.45) is 0.647. The Morgan fingerprint density at radius 2 is 2.26 bits per heavy atom. The third-order valence-corrected chi connectivity index (χ3v) is 3.19. The van der Waals surface area contributed by atoms with E-state index in [0.29, 0.717) is 19.5 Å². The van der Waals surface area contributed by atoms with Crippen LogP contribution in [0.4, 0.5) is 10.1 Å². The third kappa shape index (κ3) is 2.55. The summed E-state index contributed by atoms with van der Waals surface area (Å²) in [5.41, 5.74) is 5.28. The zero-order valence-electron chi connectivity index (χ0n) is 10.4. The zero-order chi connectivity index (χ0) is 14.2. The largest absolute Gasteiger partial charge is 0.337 e. The van der Waals surface area contributed by atoms with Gasteiger partial charge in [0.2, 0.25) is 0 Å². The molecule has 1 aromatic carbocycles. The molecule has 0 aromatic heterocycles. The molecule has 1 atom stereocenters. The molecule has 1 fully saturated rings. The topological polar surface area (TPSA) is 89.5 Å². The Morgan fingerprint density at radius 3 is 2.79 bits per heavy atom. The van der Waals surface area contributed by atoms with E-state index in [0.717, 1.165) is 12.1 Å². The van der Waals surface area contributed by atoms with Crippen LogP contribution in [0.5, 0.6) is 0 Å². The van der Waals surface area contributed by atoms with Gasteiger partial charge in [0, 0.05) is 24.7 Å². The molecule has 0 bridgehead atoms. The predicted octanol–water partition coefficient (Wildman–Crippen LogP) is 1.22. The number of amides is 1. The zero-order valence-corrected chi connectivity index (χ0v) is 10.4. The van der Waals surface area contributed by atoms with E-state index in [4.69, 9.17) is 5.73 Å². The first-order valence-electron chi connectivity index (χ1n) is 5.89. The molecule has 0 unspecified atom stereocenters. The number of hydrogen-bond donors (Lipinski definition) is 1. The molecule has 1 aliphatic rings. The van der Waals surface area contributed by atoms with Crippen molar-refractivity contribution in [1.82, 2.24) is 4.90 Å². The highest BCUT2D eigenvalue weighted by atomic mass is 19.1. The first kappa shape index (κ1) is 13.4. The first-order valence-corrected chi connectivity index (χ1v) is 5.89. The van der Waals surface area contributed by atoms with Crippen LogP contribution < -0.4 is 5.73 Å². The van der Waals surface area contributed by atoms with Crippen molar-refractivity contribution in [2.45, 2.75) is 19.4 Å². The van der Waals surface area contributed by atoms with E-state index >= 15 is 0 Å². The van der Waals surface area contributed by atoms with Gasteiger partial charge in [-0.05, 0) is 25.5 Å². The Hall–Kier alpha value is -2.02. The molecule has 2 rings (SSSR count). The second-order valence-electron chi connectivity index (χ2n) is 4.68. The summed E-state index contributed by atoms with van der Waals surface area (Å²) in [4.78, 5) is 24.0. The summed E-state index contributed by atoms with van der Waals surface area (Å²) in [5.74, 6) is -1.20. The fourth-order valence-electron chi connectivity index (χ4n) is 2.28. The molecule has 1 aromatic rings. The predicted molar refractivity (Wildman–Crippen MR) is 66.3 cm³/mol. The highest BCUT2D eigenvalue weighted by Crippen LogP contribution is 2.27. The second kappa shape index (κ2) is 4.93. The minimum Gasteiger partial charge on any atom is -0.337 e. The van der Waals surface area contributed by atoms with E-state index in [1.54, 1.807) is 0 Å². The second-order valence-corrected chi connectivity index (χ2v) is 4.68. The standard InChI is InChI=1S/C12H14FN3O3/c1-7-4-8(13)5-10(11(7)16(18)19)12(17)15-3-2-9(14)6-15/h4-5,9H,2-3,6,14H2,1H3/t9-/m1/s1. The molecule has 102 valence electrons. The highest BCUT2D eigenvalue weighted by molar-refractivity contribution is 5.98. The van der Waals surface area contributed by atoms with Crippen LogP contribution >= 0.6 is 0 Å². The minimum absolute atomic E-state index is 0.127. The third-order valence-electron chi connectivity index (χ3n) is 3.19. The molecule has 1 saturated heterocycles. The van der Waals surface area contributed by atoms with Crippen molar-refractivity contribution in [3.8, 4) is 0 Å². The van der Waals surface area contributed by atoms with Crippen LogP contribution in [0.3, 0.4) is 0 Å². The number of nitro benzene ring substituents is 1. The van der Waals surface area contributed by atoms with Crippen LogP contribution in [-0.2, 0) is 0 Å². The summed E-state index contributed by atoms with van der Waals surface area (Å²) in [6.45, 7) is 2.19. The SMILES string of the molecule is Cc1cc(F)cc(C(=O)N2CC[C@@H](N)C2)c1[N+](=O)[O-]. The van der Waals surface area contributed by atoms with Crippen LogP contribution in [-0.4, -0.2) is 34.9 Å². The lowest BCUT2D eigenvalue weighted by molar-refractivity contribution is -0.385. The summed E-state index contributed by atoms with van der Waals surface area (Å²) in [5, 5.41) is 11.0. The van der Waals surface area contributed by atoms with E-state index in [1.165, 1.54) is 11.8 Å². The number of aryl methyl sites for hydroxylation is 1. The Bertz CT molecular complexity index is 547. The highest BCUT2D eigenvalue weighted by Gasteiger charge is 2.31. The number of hydrogen-bond acceptors (Lipinski definition) is 4. The van der Waals surface area contributed by atoms with Crippen LogP contribution in [0.2, 0.25) is 0 Å². The minimum atomic E-state index is -0.657. The van der Waals surface area contributed by atoms with Gasteiger partial charge in [-0.3, -0.25) is 14.9 Å². The molecular formula is C12H14FN3O3. The van der Waals surface area contributed by atoms with Gasteiger partial charge in [-0.2, -0.15) is 0 Å². The maximum absolute atomic E-state index is 13.4. The molecule has 19 heavy (non-hydrogen) atoms. The van der Waals surface area contributed by atoms with Gasteiger partial charge in [0.25, 0.3) is 11.6 Å². The number of likely N-dealkylation sites (tertiary alicyclic amines) is 1. The number of nitrogens with zero attached hydrogens (tertiary/aromatic N) is 2. The van der Waals surface area contributed by atoms with Crippen molar-refractivity contribution in [3.05, 3.63) is 39.2 Å². The van der Waals surface area contributed by atoms with Gasteiger partial charge in [-0.25, -0.2) is 4.39 Å². The molecule has 0 aliphatic carbocycles. The van der Waals surface area contributed by atoms with Crippen molar-refractivity contribution in [2.75, 3.05) is 13.1 Å². The number of halogens is 1. The van der Waals surface area contributed by atoms with Gasteiger partial charge in [0.15, 0.2) is 0 Å². The van der Waals surface area contributed by atoms with Gasteiger partial charge >= 0.3 is 0 Å². The number of nitro groups is 1. The van der Waals surface area contributed by atoms with Crippen molar-refractivity contribution >= 4 is 11.6 Å². The smallest absolute Gasteiger partial charge is 0.285 e. The monoisotopic (exact) mass is 267 g/mol. The van der Waals surface area contributed by atoms with Gasteiger partial charge in [0.05, 0.1) is 4.92 Å². The first-order chi connectivity index (χ1) is 8.90. The maximum atomic E-state index is 13.4. The number of carbonyl (C=O) groups is 1. The van der Waals surface area contributed by atoms with Crippen LogP contribution in [0.15, 0.2) is 12.1 Å². The van der Waals surface area contributed by atoms with Gasteiger partial charge < -0.3 is 10.6 Å². The Morgan fingerprint density at radius 1 is 1.58 bits per heavy atom. The number of rotatable bonds is 2. The van der Waals surface area contributed by atoms with Crippen LogP contribution in [0.1, 0.15) is 22.3 Å². The van der Waals surface area contributed by atoms with Gasteiger partial charge in [-0.15, -0.1) is 0 Å². The van der Waals surface area contributed by atoms with Crippen LogP contribution in [0, 0.1) is 22.9 Å². The quantitative estimate of drug-likeness (QED) is 0.644. The molecular weight excluding hydrogens is 253 g/mol. The molecule has 1 heterocycles. The van der Waals surface area contributed by atoms with E-state index in [-0.39, 0.29) is 22.9 Å². The van der Waals surface area contributed by atoms with Crippen molar-refractivity contribution < 1.29 is 14.1 Å². The Kier molecular flexibility index (Phi) is 3.48. The Balaban J connectivity index is 2.43. The lowest BCUT2D eigenvalue weighted by Gasteiger charge is -2.16. The summed E-state index contributed by atoms with van der Waals surface area (Å²) in [7, 11) is 0. The lowest BCUT2D eigenvalue weighted by atomic mass is 10.1.